The molecule has 4 N–H and O–H groups in total. The number of aliphatic hydroxyl groups excluding tert-OH is 2. The van der Waals surface area contributed by atoms with E-state index in [1.807, 2.05) is 6.92 Å². The number of aliphatic hydroxyl groups is 2. The average molecular weight is 265 g/mol. The van der Waals surface area contributed by atoms with Crippen LogP contribution in [0.5, 0.6) is 0 Å². The summed E-state index contributed by atoms with van der Waals surface area (Å²) < 4.78 is 0. The van der Waals surface area contributed by atoms with E-state index in [1.54, 1.807) is 6.92 Å². The molecule has 0 spiro atoms. The first kappa shape index (κ1) is 16.7. The van der Waals surface area contributed by atoms with Crippen LogP contribution < -0.4 is 5.32 Å². The predicted octanol–water partition coefficient (Wildman–Crippen LogP) is 0.306. The van der Waals surface area contributed by atoms with E-state index in [4.69, 9.17) is 15.3 Å². The molecule has 0 radical (unpaired) electrons. The van der Waals surface area contributed by atoms with Gasteiger partial charge in [-0.25, -0.2) is 0 Å². The second kappa shape index (κ2) is 8.74. The van der Waals surface area contributed by atoms with Crippen LogP contribution in [0.4, 0.5) is 0 Å². The topological polar surface area (TPSA) is 89.8 Å². The summed E-state index contributed by atoms with van der Waals surface area (Å²) in [5.41, 5.74) is -0.870. The summed E-state index contributed by atoms with van der Waals surface area (Å²) in [5, 5.41) is 29.8. The lowest BCUT2D eigenvalue weighted by Crippen LogP contribution is -2.49. The van der Waals surface area contributed by atoms with E-state index in [1.165, 1.54) is 11.8 Å². The van der Waals surface area contributed by atoms with Crippen molar-refractivity contribution in [2.75, 3.05) is 24.7 Å². The van der Waals surface area contributed by atoms with Crippen molar-refractivity contribution in [3.63, 3.8) is 0 Å². The maximum absolute atomic E-state index is 11.1. The third-order valence-electron chi connectivity index (χ3n) is 2.53. The summed E-state index contributed by atoms with van der Waals surface area (Å²) in [7, 11) is 0. The molecule has 0 aliphatic heterocycles. The highest BCUT2D eigenvalue weighted by Gasteiger charge is 2.30. The van der Waals surface area contributed by atoms with Gasteiger partial charge in [-0.05, 0) is 32.1 Å². The van der Waals surface area contributed by atoms with Gasteiger partial charge in [0.05, 0.1) is 12.7 Å². The zero-order valence-electron chi connectivity index (χ0n) is 10.5. The highest BCUT2D eigenvalue weighted by molar-refractivity contribution is 7.99. The molecule has 17 heavy (non-hydrogen) atoms. The molecule has 2 atom stereocenters. The van der Waals surface area contributed by atoms with Crippen LogP contribution in [-0.4, -0.2) is 57.6 Å². The minimum atomic E-state index is -0.870. The normalized spacial score (nSPS) is 16.5. The SMILES string of the molecule is CCNC(C)(CCCSCC(O)CO)C(=O)O. The molecule has 0 saturated carbocycles. The van der Waals surface area contributed by atoms with Crippen LogP contribution in [0.25, 0.3) is 0 Å². The lowest BCUT2D eigenvalue weighted by molar-refractivity contribution is -0.144. The Morgan fingerprint density at radius 3 is 2.65 bits per heavy atom. The van der Waals surface area contributed by atoms with Crippen LogP contribution in [0.1, 0.15) is 26.7 Å². The largest absolute Gasteiger partial charge is 0.480 e. The summed E-state index contributed by atoms with van der Waals surface area (Å²) in [6.45, 7) is 3.97. The van der Waals surface area contributed by atoms with Gasteiger partial charge in [-0.3, -0.25) is 4.79 Å². The van der Waals surface area contributed by atoms with Gasteiger partial charge in [0.25, 0.3) is 0 Å². The van der Waals surface area contributed by atoms with Crippen molar-refractivity contribution in [2.24, 2.45) is 0 Å². The number of likely N-dealkylation sites (N-methyl/N-ethyl adjacent to an activating group) is 1. The van der Waals surface area contributed by atoms with Gasteiger partial charge >= 0.3 is 5.97 Å². The number of carboxylic acid groups (broad SMARTS) is 1. The van der Waals surface area contributed by atoms with Gasteiger partial charge in [-0.15, -0.1) is 0 Å². The molecule has 6 heteroatoms. The van der Waals surface area contributed by atoms with E-state index in [-0.39, 0.29) is 6.61 Å². The molecule has 102 valence electrons. The Kier molecular flexibility index (Phi) is 8.59. The van der Waals surface area contributed by atoms with Gasteiger partial charge < -0.3 is 20.6 Å². The van der Waals surface area contributed by atoms with Crippen molar-refractivity contribution in [1.82, 2.24) is 5.32 Å². The number of hydrogen-bond donors (Lipinski definition) is 4. The third-order valence-corrected chi connectivity index (χ3v) is 3.72. The van der Waals surface area contributed by atoms with Crippen LogP contribution in [0, 0.1) is 0 Å². The minimum Gasteiger partial charge on any atom is -0.480 e. The van der Waals surface area contributed by atoms with E-state index in [2.05, 4.69) is 5.32 Å². The van der Waals surface area contributed by atoms with E-state index >= 15 is 0 Å². The Hall–Kier alpha value is -0.300. The van der Waals surface area contributed by atoms with Crippen LogP contribution >= 0.6 is 11.8 Å². The predicted molar refractivity (Wildman–Crippen MR) is 69.4 cm³/mol. The Bertz CT molecular complexity index is 228. The quantitative estimate of drug-likeness (QED) is 0.425. The Labute approximate surface area is 107 Å². The summed E-state index contributed by atoms with van der Waals surface area (Å²) in [5.74, 6) is 0.437. The Balaban J connectivity index is 3.80. The number of hydrogen-bond acceptors (Lipinski definition) is 5. The third kappa shape index (κ3) is 6.88. The molecule has 0 rings (SSSR count). The fourth-order valence-corrected chi connectivity index (χ4v) is 2.35. The lowest BCUT2D eigenvalue weighted by atomic mass is 9.96. The van der Waals surface area contributed by atoms with Crippen molar-refractivity contribution >= 4 is 17.7 Å². The highest BCUT2D eigenvalue weighted by atomic mass is 32.2. The van der Waals surface area contributed by atoms with E-state index in [0.29, 0.717) is 18.7 Å². The molecular weight excluding hydrogens is 242 g/mol. The summed E-state index contributed by atoms with van der Waals surface area (Å²) in [6.07, 6.45) is 0.636. The van der Waals surface area contributed by atoms with Gasteiger partial charge in [0.15, 0.2) is 0 Å². The van der Waals surface area contributed by atoms with Crippen molar-refractivity contribution < 1.29 is 20.1 Å². The highest BCUT2D eigenvalue weighted by Crippen LogP contribution is 2.15. The molecule has 0 heterocycles. The maximum atomic E-state index is 11.1. The fraction of sp³-hybridized carbons (Fsp3) is 0.909. The van der Waals surface area contributed by atoms with Gasteiger partial charge in [0, 0.05) is 5.75 Å². The molecule has 2 unspecified atom stereocenters. The molecule has 0 bridgehead atoms. The average Bonchev–Trinajstić information content (AvgIpc) is 2.28. The van der Waals surface area contributed by atoms with Crippen molar-refractivity contribution in [1.29, 1.82) is 0 Å². The molecule has 0 fully saturated rings. The monoisotopic (exact) mass is 265 g/mol. The molecule has 0 aromatic heterocycles. The van der Waals surface area contributed by atoms with Gasteiger partial charge in [-0.1, -0.05) is 6.92 Å². The van der Waals surface area contributed by atoms with Crippen LogP contribution in [0.3, 0.4) is 0 Å². The molecule has 0 amide bonds. The first-order chi connectivity index (χ1) is 7.96. The zero-order chi connectivity index (χ0) is 13.3. The second-order valence-electron chi connectivity index (χ2n) is 4.18. The van der Waals surface area contributed by atoms with Gasteiger partial charge in [0.2, 0.25) is 0 Å². The number of thioether (sulfide) groups is 1. The Morgan fingerprint density at radius 1 is 1.53 bits per heavy atom. The fourth-order valence-electron chi connectivity index (χ4n) is 1.46. The molecule has 0 aromatic carbocycles. The lowest BCUT2D eigenvalue weighted by Gasteiger charge is -2.25. The van der Waals surface area contributed by atoms with Crippen molar-refractivity contribution in [3.8, 4) is 0 Å². The first-order valence-corrected chi connectivity index (χ1v) is 6.96. The number of aliphatic carboxylic acids is 1. The smallest absolute Gasteiger partial charge is 0.323 e. The number of carboxylic acids is 1. The van der Waals surface area contributed by atoms with E-state index < -0.39 is 17.6 Å². The molecular formula is C11H23NO4S. The van der Waals surface area contributed by atoms with Gasteiger partial charge in [-0.2, -0.15) is 11.8 Å². The molecule has 5 nitrogen and oxygen atoms in total. The molecule has 0 saturated heterocycles. The summed E-state index contributed by atoms with van der Waals surface area (Å²) in [6, 6.07) is 0. The van der Waals surface area contributed by atoms with Gasteiger partial charge in [0.1, 0.15) is 5.54 Å². The van der Waals surface area contributed by atoms with Crippen LogP contribution in [-0.2, 0) is 4.79 Å². The van der Waals surface area contributed by atoms with Crippen LogP contribution in [0.2, 0.25) is 0 Å². The number of nitrogens with one attached hydrogen (secondary N) is 1. The minimum absolute atomic E-state index is 0.225. The van der Waals surface area contributed by atoms with E-state index in [9.17, 15) is 4.79 Å². The zero-order valence-corrected chi connectivity index (χ0v) is 11.3. The Morgan fingerprint density at radius 2 is 2.18 bits per heavy atom. The molecule has 0 aliphatic rings. The molecule has 0 aliphatic carbocycles. The van der Waals surface area contributed by atoms with Crippen molar-refractivity contribution in [3.05, 3.63) is 0 Å². The van der Waals surface area contributed by atoms with Crippen LogP contribution in [0.15, 0.2) is 0 Å². The second-order valence-corrected chi connectivity index (χ2v) is 5.33. The van der Waals surface area contributed by atoms with Crippen molar-refractivity contribution in [2.45, 2.75) is 38.3 Å². The summed E-state index contributed by atoms with van der Waals surface area (Å²) >= 11 is 1.53. The first-order valence-electron chi connectivity index (χ1n) is 5.81. The molecule has 0 aromatic rings. The van der Waals surface area contributed by atoms with E-state index in [0.717, 1.165) is 12.2 Å². The standard InChI is InChI=1S/C11H23NO4S/c1-3-12-11(2,10(15)16)5-4-6-17-8-9(14)7-13/h9,12-14H,3-8H2,1-2H3,(H,15,16). The summed E-state index contributed by atoms with van der Waals surface area (Å²) in [4.78, 5) is 11.1. The maximum Gasteiger partial charge on any atom is 0.323 e. The number of carbonyl (C=O) groups is 1. The number of rotatable bonds is 10.